The van der Waals surface area contributed by atoms with Crippen molar-refractivity contribution in [3.63, 3.8) is 0 Å². The van der Waals surface area contributed by atoms with Crippen molar-refractivity contribution in [1.29, 1.82) is 0 Å². The van der Waals surface area contributed by atoms with E-state index in [-0.39, 0.29) is 0 Å². The van der Waals surface area contributed by atoms with Crippen LogP contribution in [0.25, 0.3) is 0 Å². The predicted molar refractivity (Wildman–Crippen MR) is 62.9 cm³/mol. The Balaban J connectivity index is 1.81. The van der Waals surface area contributed by atoms with Gasteiger partial charge in [-0.25, -0.2) is 5.84 Å². The molecule has 84 valence electrons. The number of rotatable bonds is 4. The maximum Gasteiger partial charge on any atom is 0.148 e. The number of thioether (sulfide) groups is 1. The van der Waals surface area contributed by atoms with Gasteiger partial charge in [0.25, 0.3) is 0 Å². The van der Waals surface area contributed by atoms with Crippen LogP contribution in [0.3, 0.4) is 0 Å². The Bertz CT molecular complexity index is 301. The maximum absolute atomic E-state index is 5.35. The summed E-state index contributed by atoms with van der Waals surface area (Å²) in [5.41, 5.74) is 3.58. The Morgan fingerprint density at radius 1 is 1.53 bits per heavy atom. The summed E-state index contributed by atoms with van der Waals surface area (Å²) >= 11 is 3.21. The quantitative estimate of drug-likeness (QED) is 0.615. The third kappa shape index (κ3) is 3.04. The van der Waals surface area contributed by atoms with Crippen LogP contribution in [0.1, 0.15) is 18.5 Å². The van der Waals surface area contributed by atoms with Crippen LogP contribution in [-0.2, 0) is 10.5 Å². The Kier molecular flexibility index (Phi) is 4.18. The summed E-state index contributed by atoms with van der Waals surface area (Å²) in [5.74, 6) is 6.23. The number of ether oxygens (including phenoxy) is 1. The SMILES string of the molecule is NNc1snnc1CSC1CCOCC1. The lowest BCUT2D eigenvalue weighted by atomic mass is 10.2. The van der Waals surface area contributed by atoms with Gasteiger partial charge in [0.05, 0.1) is 0 Å². The van der Waals surface area contributed by atoms with E-state index in [9.17, 15) is 0 Å². The van der Waals surface area contributed by atoms with Crippen LogP contribution in [0.15, 0.2) is 0 Å². The molecule has 0 saturated carbocycles. The Morgan fingerprint density at radius 2 is 2.33 bits per heavy atom. The van der Waals surface area contributed by atoms with Crippen LogP contribution in [0.4, 0.5) is 5.00 Å². The van der Waals surface area contributed by atoms with Gasteiger partial charge in [0.1, 0.15) is 10.7 Å². The van der Waals surface area contributed by atoms with E-state index < -0.39 is 0 Å². The molecular weight excluding hydrogens is 232 g/mol. The van der Waals surface area contributed by atoms with Crippen molar-refractivity contribution in [3.05, 3.63) is 5.69 Å². The van der Waals surface area contributed by atoms with Gasteiger partial charge in [0.2, 0.25) is 0 Å². The molecule has 1 aromatic heterocycles. The van der Waals surface area contributed by atoms with E-state index in [1.54, 1.807) is 0 Å². The number of hydrazine groups is 1. The fourth-order valence-electron chi connectivity index (χ4n) is 1.45. The third-order valence-corrected chi connectivity index (χ3v) is 4.39. The molecule has 15 heavy (non-hydrogen) atoms. The monoisotopic (exact) mass is 246 g/mol. The van der Waals surface area contributed by atoms with Crippen LogP contribution in [0.5, 0.6) is 0 Å². The highest BCUT2D eigenvalue weighted by molar-refractivity contribution is 7.99. The third-order valence-electron chi connectivity index (χ3n) is 2.31. The zero-order chi connectivity index (χ0) is 10.5. The lowest BCUT2D eigenvalue weighted by Gasteiger charge is -2.20. The summed E-state index contributed by atoms with van der Waals surface area (Å²) in [5, 5.41) is 5.60. The van der Waals surface area contributed by atoms with E-state index in [2.05, 4.69) is 15.0 Å². The van der Waals surface area contributed by atoms with Crippen LogP contribution in [-0.4, -0.2) is 28.1 Å². The summed E-state index contributed by atoms with van der Waals surface area (Å²) in [6, 6.07) is 0. The summed E-state index contributed by atoms with van der Waals surface area (Å²) in [6.45, 7) is 1.77. The second-order valence-electron chi connectivity index (χ2n) is 3.32. The highest BCUT2D eigenvalue weighted by Crippen LogP contribution is 2.28. The van der Waals surface area contributed by atoms with E-state index in [4.69, 9.17) is 10.6 Å². The molecule has 3 N–H and O–H groups in total. The summed E-state index contributed by atoms with van der Waals surface area (Å²) in [6.07, 6.45) is 2.27. The molecule has 0 aromatic carbocycles. The first-order chi connectivity index (χ1) is 7.40. The second kappa shape index (κ2) is 5.64. The van der Waals surface area contributed by atoms with Crippen LogP contribution in [0.2, 0.25) is 0 Å². The van der Waals surface area contributed by atoms with Crippen molar-refractivity contribution in [2.24, 2.45) is 5.84 Å². The number of nitrogens with one attached hydrogen (secondary N) is 1. The molecule has 0 spiro atoms. The molecule has 2 rings (SSSR count). The smallest absolute Gasteiger partial charge is 0.148 e. The van der Waals surface area contributed by atoms with Crippen LogP contribution >= 0.6 is 23.3 Å². The molecule has 1 aromatic rings. The van der Waals surface area contributed by atoms with Crippen molar-refractivity contribution >= 4 is 28.3 Å². The van der Waals surface area contributed by atoms with Gasteiger partial charge in [-0.15, -0.1) is 5.10 Å². The van der Waals surface area contributed by atoms with Gasteiger partial charge in [-0.2, -0.15) is 11.8 Å². The average molecular weight is 246 g/mol. The van der Waals surface area contributed by atoms with Crippen molar-refractivity contribution in [2.45, 2.75) is 23.8 Å². The number of nitrogens with zero attached hydrogens (tertiary/aromatic N) is 2. The zero-order valence-corrected chi connectivity index (χ0v) is 9.94. The summed E-state index contributed by atoms with van der Waals surface area (Å²) in [4.78, 5) is 0. The Hall–Kier alpha value is -0.370. The van der Waals surface area contributed by atoms with Crippen molar-refractivity contribution in [1.82, 2.24) is 9.59 Å². The van der Waals surface area contributed by atoms with Crippen molar-refractivity contribution < 1.29 is 4.74 Å². The van der Waals surface area contributed by atoms with Gasteiger partial charge in [0, 0.05) is 35.7 Å². The molecule has 2 heterocycles. The molecule has 0 radical (unpaired) electrons. The standard InChI is InChI=1S/C8H14N4OS2/c9-10-8-7(11-12-15-8)5-14-6-1-3-13-4-2-6/h6,10H,1-5,9H2. The second-order valence-corrected chi connectivity index (χ2v) is 5.36. The van der Waals surface area contributed by atoms with Gasteiger partial charge >= 0.3 is 0 Å². The molecule has 1 aliphatic heterocycles. The van der Waals surface area contributed by atoms with Gasteiger partial charge in [-0.1, -0.05) is 4.49 Å². The van der Waals surface area contributed by atoms with Gasteiger partial charge in [0.15, 0.2) is 0 Å². The summed E-state index contributed by atoms with van der Waals surface area (Å²) in [7, 11) is 0. The molecule has 5 nitrogen and oxygen atoms in total. The van der Waals surface area contributed by atoms with Gasteiger partial charge in [-0.05, 0) is 12.8 Å². The molecule has 0 aliphatic carbocycles. The average Bonchev–Trinajstić information content (AvgIpc) is 2.75. The molecule has 1 saturated heterocycles. The topological polar surface area (TPSA) is 73.1 Å². The van der Waals surface area contributed by atoms with E-state index in [0.29, 0.717) is 5.25 Å². The van der Waals surface area contributed by atoms with Crippen LogP contribution < -0.4 is 11.3 Å². The molecule has 0 bridgehead atoms. The highest BCUT2D eigenvalue weighted by atomic mass is 32.2. The van der Waals surface area contributed by atoms with E-state index in [1.807, 2.05) is 11.8 Å². The van der Waals surface area contributed by atoms with Gasteiger partial charge in [-0.3, -0.25) is 0 Å². The number of nitrogens with two attached hydrogens (primary N) is 1. The molecule has 0 amide bonds. The number of hydrogen-bond donors (Lipinski definition) is 2. The molecular formula is C8H14N4OS2. The number of aromatic nitrogens is 2. The summed E-state index contributed by atoms with van der Waals surface area (Å²) < 4.78 is 9.18. The van der Waals surface area contributed by atoms with Crippen molar-refractivity contribution in [3.8, 4) is 0 Å². The fourth-order valence-corrected chi connectivity index (χ4v) is 3.16. The van der Waals surface area contributed by atoms with E-state index in [1.165, 1.54) is 11.5 Å². The predicted octanol–water partition coefficient (Wildman–Crippen LogP) is 1.24. The lowest BCUT2D eigenvalue weighted by molar-refractivity contribution is 0.1000. The lowest BCUT2D eigenvalue weighted by Crippen LogP contribution is -2.17. The molecule has 1 fully saturated rings. The van der Waals surface area contributed by atoms with Crippen LogP contribution in [0, 0.1) is 0 Å². The maximum atomic E-state index is 5.35. The Morgan fingerprint density at radius 3 is 3.07 bits per heavy atom. The van der Waals surface area contributed by atoms with E-state index >= 15 is 0 Å². The van der Waals surface area contributed by atoms with Crippen molar-refractivity contribution in [2.75, 3.05) is 18.6 Å². The molecule has 7 heteroatoms. The molecule has 1 aliphatic rings. The normalized spacial score (nSPS) is 17.9. The minimum absolute atomic E-state index is 0.686. The largest absolute Gasteiger partial charge is 0.381 e. The number of anilines is 1. The van der Waals surface area contributed by atoms with Gasteiger partial charge < -0.3 is 10.2 Å². The first-order valence-electron chi connectivity index (χ1n) is 4.87. The highest BCUT2D eigenvalue weighted by Gasteiger charge is 2.16. The minimum atomic E-state index is 0.686. The van der Waals surface area contributed by atoms with E-state index in [0.717, 1.165) is 42.5 Å². The molecule has 0 unspecified atom stereocenters. The first-order valence-corrected chi connectivity index (χ1v) is 6.69. The Labute approximate surface area is 96.9 Å². The zero-order valence-electron chi connectivity index (χ0n) is 8.31. The number of hydrogen-bond acceptors (Lipinski definition) is 7. The molecule has 0 atom stereocenters. The fraction of sp³-hybridized carbons (Fsp3) is 0.750. The number of nitrogen functional groups attached to an aromatic ring is 1. The first kappa shape index (κ1) is 11.1. The minimum Gasteiger partial charge on any atom is -0.381 e.